The van der Waals surface area contributed by atoms with Crippen molar-refractivity contribution < 1.29 is 23.2 Å². The molecule has 0 amide bonds. The van der Waals surface area contributed by atoms with Crippen molar-refractivity contribution in [3.05, 3.63) is 47.1 Å². The summed E-state index contributed by atoms with van der Waals surface area (Å²) in [4.78, 5) is 16.8. The standard InChI is InChI=1S/C14H15F2N3O3/c1-3-11-17-10(18-22-11)7-19(2)13(14(20)21)8-5-4-6-9(15)12(8)16/h4-6,13H,3,7H2,1-2H3,(H,20,21)/t13-/m1/s1. The quantitative estimate of drug-likeness (QED) is 0.880. The zero-order valence-electron chi connectivity index (χ0n) is 12.1. The van der Waals surface area contributed by atoms with Gasteiger partial charge in [0, 0.05) is 12.0 Å². The molecule has 8 heteroatoms. The SMILES string of the molecule is CCc1nc(CN(C)[C@@H](C(=O)O)c2cccc(F)c2F)no1. The molecule has 0 spiro atoms. The van der Waals surface area contributed by atoms with Gasteiger partial charge in [-0.3, -0.25) is 9.69 Å². The van der Waals surface area contributed by atoms with E-state index in [9.17, 15) is 18.7 Å². The van der Waals surface area contributed by atoms with Gasteiger partial charge in [0.15, 0.2) is 17.5 Å². The van der Waals surface area contributed by atoms with Crippen molar-refractivity contribution in [2.24, 2.45) is 0 Å². The Kier molecular flexibility index (Phi) is 4.81. The summed E-state index contributed by atoms with van der Waals surface area (Å²) in [6.45, 7) is 1.86. The lowest BCUT2D eigenvalue weighted by Crippen LogP contribution is -2.31. The number of carbonyl (C=O) groups is 1. The van der Waals surface area contributed by atoms with Gasteiger partial charge < -0.3 is 9.63 Å². The molecule has 1 atom stereocenters. The number of benzene rings is 1. The van der Waals surface area contributed by atoms with Gasteiger partial charge in [0.2, 0.25) is 5.89 Å². The smallest absolute Gasteiger partial charge is 0.325 e. The molecule has 0 saturated carbocycles. The number of likely N-dealkylation sites (N-methyl/N-ethyl adjacent to an activating group) is 1. The number of halogens is 2. The van der Waals surface area contributed by atoms with Gasteiger partial charge in [0.1, 0.15) is 6.04 Å². The Hall–Kier alpha value is -2.35. The van der Waals surface area contributed by atoms with Crippen molar-refractivity contribution in [1.29, 1.82) is 0 Å². The van der Waals surface area contributed by atoms with Crippen LogP contribution in [0.15, 0.2) is 22.7 Å². The van der Waals surface area contributed by atoms with Crippen molar-refractivity contribution in [2.75, 3.05) is 7.05 Å². The normalized spacial score (nSPS) is 12.6. The highest BCUT2D eigenvalue weighted by Gasteiger charge is 2.29. The van der Waals surface area contributed by atoms with Crippen LogP contribution in [0.25, 0.3) is 0 Å². The van der Waals surface area contributed by atoms with Crippen LogP contribution in [0.4, 0.5) is 8.78 Å². The second kappa shape index (κ2) is 6.61. The van der Waals surface area contributed by atoms with Crippen molar-refractivity contribution in [2.45, 2.75) is 25.9 Å². The van der Waals surface area contributed by atoms with E-state index in [1.165, 1.54) is 24.1 Å². The maximum atomic E-state index is 13.9. The first-order chi connectivity index (χ1) is 10.4. The number of aliphatic carboxylic acids is 1. The Labute approximate surface area is 125 Å². The number of nitrogens with zero attached hydrogens (tertiary/aromatic N) is 3. The van der Waals surface area contributed by atoms with Gasteiger partial charge >= 0.3 is 5.97 Å². The van der Waals surface area contributed by atoms with Gasteiger partial charge in [-0.15, -0.1) is 0 Å². The number of aryl methyl sites for hydroxylation is 1. The van der Waals surface area contributed by atoms with E-state index in [1.54, 1.807) is 0 Å². The van der Waals surface area contributed by atoms with Crippen LogP contribution in [-0.4, -0.2) is 33.2 Å². The first kappa shape index (κ1) is 16.0. The average Bonchev–Trinajstić information content (AvgIpc) is 2.91. The fraction of sp³-hybridized carbons (Fsp3) is 0.357. The van der Waals surface area contributed by atoms with Crippen LogP contribution in [0.2, 0.25) is 0 Å². The van der Waals surface area contributed by atoms with E-state index < -0.39 is 23.6 Å². The fourth-order valence-electron chi connectivity index (χ4n) is 2.10. The van der Waals surface area contributed by atoms with Crippen molar-refractivity contribution in [3.8, 4) is 0 Å². The second-order valence-corrected chi connectivity index (χ2v) is 4.76. The highest BCUT2D eigenvalue weighted by molar-refractivity contribution is 5.75. The summed E-state index contributed by atoms with van der Waals surface area (Å²) in [5.41, 5.74) is -0.255. The van der Waals surface area contributed by atoms with Gasteiger partial charge in [-0.1, -0.05) is 24.2 Å². The number of carboxylic acid groups (broad SMARTS) is 1. The third-order valence-corrected chi connectivity index (χ3v) is 3.15. The molecule has 1 aromatic heterocycles. The Morgan fingerprint density at radius 1 is 1.45 bits per heavy atom. The van der Waals surface area contributed by atoms with E-state index in [0.29, 0.717) is 12.3 Å². The summed E-state index contributed by atoms with van der Waals surface area (Å²) < 4.78 is 32.1. The molecule has 2 aromatic rings. The van der Waals surface area contributed by atoms with Crippen LogP contribution in [0.5, 0.6) is 0 Å². The van der Waals surface area contributed by atoms with Gasteiger partial charge in [-0.2, -0.15) is 4.98 Å². The number of carboxylic acids is 1. The molecule has 0 bridgehead atoms. The molecule has 22 heavy (non-hydrogen) atoms. The minimum Gasteiger partial charge on any atom is -0.480 e. The lowest BCUT2D eigenvalue weighted by molar-refractivity contribution is -0.143. The molecular weight excluding hydrogens is 296 g/mol. The molecule has 0 aliphatic rings. The van der Waals surface area contributed by atoms with Gasteiger partial charge in [0.05, 0.1) is 6.54 Å². The summed E-state index contributed by atoms with van der Waals surface area (Å²) in [5.74, 6) is -2.87. The maximum Gasteiger partial charge on any atom is 0.325 e. The Balaban J connectivity index is 2.27. The topological polar surface area (TPSA) is 79.5 Å². The second-order valence-electron chi connectivity index (χ2n) is 4.76. The van der Waals surface area contributed by atoms with E-state index >= 15 is 0 Å². The van der Waals surface area contributed by atoms with Crippen molar-refractivity contribution in [3.63, 3.8) is 0 Å². The Morgan fingerprint density at radius 3 is 2.77 bits per heavy atom. The minimum atomic E-state index is -1.36. The molecule has 1 N–H and O–H groups in total. The van der Waals surface area contributed by atoms with Gasteiger partial charge in [-0.25, -0.2) is 8.78 Å². The molecule has 0 aliphatic heterocycles. The first-order valence-corrected chi connectivity index (χ1v) is 6.62. The fourth-order valence-corrected chi connectivity index (χ4v) is 2.10. The number of hydrogen-bond acceptors (Lipinski definition) is 5. The van der Waals surface area contributed by atoms with E-state index in [4.69, 9.17) is 4.52 Å². The van der Waals surface area contributed by atoms with Crippen LogP contribution in [-0.2, 0) is 17.8 Å². The molecule has 0 radical (unpaired) electrons. The molecule has 0 fully saturated rings. The van der Waals surface area contributed by atoms with Crippen LogP contribution in [0, 0.1) is 11.6 Å². The predicted molar refractivity (Wildman–Crippen MR) is 71.9 cm³/mol. The number of aromatic nitrogens is 2. The zero-order chi connectivity index (χ0) is 16.3. The summed E-state index contributed by atoms with van der Waals surface area (Å²) in [6.07, 6.45) is 0.553. The average molecular weight is 311 g/mol. The third-order valence-electron chi connectivity index (χ3n) is 3.15. The molecule has 118 valence electrons. The largest absolute Gasteiger partial charge is 0.480 e. The zero-order valence-corrected chi connectivity index (χ0v) is 12.1. The Morgan fingerprint density at radius 2 is 2.18 bits per heavy atom. The van der Waals surface area contributed by atoms with Crippen LogP contribution < -0.4 is 0 Å². The maximum absolute atomic E-state index is 13.9. The lowest BCUT2D eigenvalue weighted by atomic mass is 10.0. The molecule has 2 rings (SSSR count). The van der Waals surface area contributed by atoms with Crippen LogP contribution in [0.1, 0.15) is 30.2 Å². The highest BCUT2D eigenvalue weighted by Crippen LogP contribution is 2.25. The van der Waals surface area contributed by atoms with Gasteiger partial charge in [0.25, 0.3) is 0 Å². The van der Waals surface area contributed by atoms with Gasteiger partial charge in [-0.05, 0) is 13.1 Å². The lowest BCUT2D eigenvalue weighted by Gasteiger charge is -2.24. The van der Waals surface area contributed by atoms with Crippen LogP contribution in [0.3, 0.4) is 0 Å². The third kappa shape index (κ3) is 3.28. The molecule has 1 heterocycles. The molecule has 0 unspecified atom stereocenters. The summed E-state index contributed by atoms with van der Waals surface area (Å²) in [6, 6.07) is 2.08. The molecular formula is C14H15F2N3O3. The monoisotopic (exact) mass is 311 g/mol. The van der Waals surface area contributed by atoms with E-state index in [0.717, 1.165) is 6.07 Å². The molecule has 0 saturated heterocycles. The molecule has 0 aliphatic carbocycles. The summed E-state index contributed by atoms with van der Waals surface area (Å²) in [7, 11) is 1.46. The van der Waals surface area contributed by atoms with E-state index in [2.05, 4.69) is 10.1 Å². The van der Waals surface area contributed by atoms with E-state index in [1.807, 2.05) is 6.92 Å². The predicted octanol–water partition coefficient (Wildman–Crippen LogP) is 2.17. The van der Waals surface area contributed by atoms with E-state index in [-0.39, 0.29) is 17.9 Å². The first-order valence-electron chi connectivity index (χ1n) is 6.62. The van der Waals surface area contributed by atoms with Crippen molar-refractivity contribution >= 4 is 5.97 Å². The Bertz CT molecular complexity index is 675. The molecule has 6 nitrogen and oxygen atoms in total. The number of rotatable bonds is 6. The number of hydrogen-bond donors (Lipinski definition) is 1. The van der Waals surface area contributed by atoms with Crippen LogP contribution >= 0.6 is 0 Å². The molecule has 1 aromatic carbocycles. The minimum absolute atomic E-state index is 0.0242. The van der Waals surface area contributed by atoms with Crippen molar-refractivity contribution in [1.82, 2.24) is 15.0 Å². The summed E-state index contributed by atoms with van der Waals surface area (Å²) in [5, 5.41) is 13.1. The highest BCUT2D eigenvalue weighted by atomic mass is 19.2. The summed E-state index contributed by atoms with van der Waals surface area (Å²) >= 11 is 0.